The van der Waals surface area contributed by atoms with Gasteiger partial charge in [-0.3, -0.25) is 19.4 Å². The van der Waals surface area contributed by atoms with Gasteiger partial charge in [0.1, 0.15) is 5.70 Å². The van der Waals surface area contributed by atoms with E-state index in [0.29, 0.717) is 44.1 Å². The topological polar surface area (TPSA) is 62.3 Å². The van der Waals surface area contributed by atoms with Gasteiger partial charge in [-0.2, -0.15) is 0 Å². The summed E-state index contributed by atoms with van der Waals surface area (Å²) >= 11 is 0. The molecule has 3 aliphatic rings. The van der Waals surface area contributed by atoms with Gasteiger partial charge in [-0.05, 0) is 37.0 Å². The van der Waals surface area contributed by atoms with Crippen molar-refractivity contribution in [3.63, 3.8) is 0 Å². The van der Waals surface area contributed by atoms with Crippen molar-refractivity contribution in [1.29, 1.82) is 0 Å². The van der Waals surface area contributed by atoms with Crippen LogP contribution in [0.25, 0.3) is 5.57 Å². The van der Waals surface area contributed by atoms with Crippen molar-refractivity contribution in [2.24, 2.45) is 0 Å². The number of hydrogen-bond donors (Lipinski definition) is 0. The van der Waals surface area contributed by atoms with Crippen molar-refractivity contribution < 1.29 is 19.1 Å². The fourth-order valence-electron chi connectivity index (χ4n) is 4.28. The van der Waals surface area contributed by atoms with Crippen LogP contribution in [0.4, 0.5) is 0 Å². The Balaban J connectivity index is 1.56. The van der Waals surface area contributed by atoms with Crippen LogP contribution >= 0.6 is 0 Å². The molecular weight excluding hydrogens is 382 g/mol. The van der Waals surface area contributed by atoms with Crippen molar-refractivity contribution in [3.05, 3.63) is 40.6 Å². The molecular formula is C23H31N3O4. The number of amides is 2. The minimum atomic E-state index is -0.174. The minimum Gasteiger partial charge on any atom is -0.379 e. The fourth-order valence-corrected chi connectivity index (χ4v) is 4.28. The summed E-state index contributed by atoms with van der Waals surface area (Å²) in [6.07, 6.45) is 0.772. The molecule has 0 unspecified atom stereocenters. The third-order valence-corrected chi connectivity index (χ3v) is 6.23. The molecule has 7 nitrogen and oxygen atoms in total. The Morgan fingerprint density at radius 3 is 2.17 bits per heavy atom. The molecule has 3 heterocycles. The number of ether oxygens (including phenoxy) is 2. The first kappa shape index (κ1) is 21.0. The minimum absolute atomic E-state index is 0.169. The Labute approximate surface area is 178 Å². The smallest absolute Gasteiger partial charge is 0.277 e. The van der Waals surface area contributed by atoms with E-state index in [9.17, 15) is 9.59 Å². The van der Waals surface area contributed by atoms with Gasteiger partial charge in [-0.1, -0.05) is 18.2 Å². The van der Waals surface area contributed by atoms with Crippen LogP contribution < -0.4 is 0 Å². The zero-order valence-electron chi connectivity index (χ0n) is 18.0. The Kier molecular flexibility index (Phi) is 6.51. The molecule has 30 heavy (non-hydrogen) atoms. The van der Waals surface area contributed by atoms with Crippen LogP contribution in [-0.4, -0.2) is 92.2 Å². The molecule has 4 rings (SSSR count). The van der Waals surface area contributed by atoms with Crippen LogP contribution in [0, 0.1) is 13.8 Å². The Bertz CT molecular complexity index is 839. The number of morpholine rings is 2. The lowest BCUT2D eigenvalue weighted by atomic mass is 9.99. The normalized spacial score (nSPS) is 21.1. The summed E-state index contributed by atoms with van der Waals surface area (Å²) in [4.78, 5) is 32.6. The van der Waals surface area contributed by atoms with E-state index in [1.54, 1.807) is 0 Å². The number of rotatable bonds is 6. The molecule has 0 spiro atoms. The van der Waals surface area contributed by atoms with E-state index in [1.807, 2.05) is 30.0 Å². The molecule has 2 amide bonds. The molecule has 0 N–H and O–H groups in total. The monoisotopic (exact) mass is 413 g/mol. The van der Waals surface area contributed by atoms with Gasteiger partial charge in [0, 0.05) is 39.3 Å². The fraction of sp³-hybridized carbons (Fsp3) is 0.565. The number of hydrogen-bond acceptors (Lipinski definition) is 6. The van der Waals surface area contributed by atoms with Crippen molar-refractivity contribution in [2.75, 3.05) is 65.7 Å². The third-order valence-electron chi connectivity index (χ3n) is 6.23. The molecule has 1 aromatic rings. The Morgan fingerprint density at radius 1 is 0.833 bits per heavy atom. The van der Waals surface area contributed by atoms with Gasteiger partial charge in [0.15, 0.2) is 0 Å². The van der Waals surface area contributed by atoms with E-state index in [0.717, 1.165) is 50.4 Å². The first-order valence-corrected chi connectivity index (χ1v) is 10.9. The summed E-state index contributed by atoms with van der Waals surface area (Å²) in [6, 6.07) is 6.00. The van der Waals surface area contributed by atoms with Crippen LogP contribution in [-0.2, 0) is 19.1 Å². The molecule has 0 atom stereocenters. The standard InChI is InChI=1S/C23H31N3O4/c1-17-4-5-19(16-18(17)2)20-21(25-10-14-30-15-11-25)23(28)26(22(20)27)7-3-6-24-8-12-29-13-9-24/h4-5,16H,3,6-15H2,1-2H3. The average Bonchev–Trinajstić information content (AvgIpc) is 3.02. The van der Waals surface area contributed by atoms with Gasteiger partial charge in [0.2, 0.25) is 0 Å². The van der Waals surface area contributed by atoms with Gasteiger partial charge in [-0.15, -0.1) is 0 Å². The number of imide groups is 1. The Hall–Kier alpha value is -2.22. The zero-order chi connectivity index (χ0) is 21.1. The largest absolute Gasteiger partial charge is 0.379 e. The second kappa shape index (κ2) is 9.29. The molecule has 0 saturated carbocycles. The number of carbonyl (C=O) groups excluding carboxylic acids is 2. The summed E-state index contributed by atoms with van der Waals surface area (Å²) in [5.41, 5.74) is 4.20. The van der Waals surface area contributed by atoms with Crippen LogP contribution in [0.15, 0.2) is 23.9 Å². The number of aryl methyl sites for hydroxylation is 2. The van der Waals surface area contributed by atoms with Crippen LogP contribution in [0.1, 0.15) is 23.1 Å². The molecule has 162 valence electrons. The average molecular weight is 414 g/mol. The van der Waals surface area contributed by atoms with Gasteiger partial charge < -0.3 is 14.4 Å². The predicted octanol–water partition coefficient (Wildman–Crippen LogP) is 1.44. The first-order valence-electron chi connectivity index (χ1n) is 10.9. The van der Waals surface area contributed by atoms with Crippen molar-refractivity contribution in [3.8, 4) is 0 Å². The van der Waals surface area contributed by atoms with E-state index >= 15 is 0 Å². The lowest BCUT2D eigenvalue weighted by Gasteiger charge is -2.30. The second-order valence-corrected chi connectivity index (χ2v) is 8.19. The molecule has 1 aromatic carbocycles. The van der Waals surface area contributed by atoms with Gasteiger partial charge in [-0.25, -0.2) is 0 Å². The van der Waals surface area contributed by atoms with Crippen LogP contribution in [0.2, 0.25) is 0 Å². The molecule has 2 fully saturated rings. The van der Waals surface area contributed by atoms with Crippen molar-refractivity contribution in [1.82, 2.24) is 14.7 Å². The van der Waals surface area contributed by atoms with Crippen LogP contribution in [0.5, 0.6) is 0 Å². The first-order chi connectivity index (χ1) is 14.6. The molecule has 0 bridgehead atoms. The maximum Gasteiger partial charge on any atom is 0.277 e. The molecule has 3 aliphatic heterocycles. The lowest BCUT2D eigenvalue weighted by Crippen LogP contribution is -2.41. The van der Waals surface area contributed by atoms with Gasteiger partial charge in [0.05, 0.1) is 32.0 Å². The molecule has 2 saturated heterocycles. The summed E-state index contributed by atoms with van der Waals surface area (Å²) in [7, 11) is 0. The van der Waals surface area contributed by atoms with E-state index in [-0.39, 0.29) is 11.8 Å². The Morgan fingerprint density at radius 2 is 1.50 bits per heavy atom. The predicted molar refractivity (Wildman–Crippen MR) is 114 cm³/mol. The number of nitrogens with zero attached hydrogens (tertiary/aromatic N) is 3. The van der Waals surface area contributed by atoms with E-state index in [2.05, 4.69) is 11.8 Å². The maximum atomic E-state index is 13.4. The maximum absolute atomic E-state index is 13.4. The highest BCUT2D eigenvalue weighted by Gasteiger charge is 2.41. The highest BCUT2D eigenvalue weighted by molar-refractivity contribution is 6.35. The third kappa shape index (κ3) is 4.29. The van der Waals surface area contributed by atoms with E-state index in [1.165, 1.54) is 10.5 Å². The van der Waals surface area contributed by atoms with Gasteiger partial charge in [0.25, 0.3) is 11.8 Å². The number of carbonyl (C=O) groups is 2. The van der Waals surface area contributed by atoms with Gasteiger partial charge >= 0.3 is 0 Å². The summed E-state index contributed by atoms with van der Waals surface area (Å²) in [5, 5.41) is 0. The summed E-state index contributed by atoms with van der Waals surface area (Å²) < 4.78 is 10.9. The zero-order valence-corrected chi connectivity index (χ0v) is 18.0. The SMILES string of the molecule is Cc1ccc(C2=C(N3CCOCC3)C(=O)N(CCCN3CCOCC3)C2=O)cc1C. The van der Waals surface area contributed by atoms with Crippen LogP contribution in [0.3, 0.4) is 0 Å². The number of benzene rings is 1. The van der Waals surface area contributed by atoms with E-state index < -0.39 is 0 Å². The quantitative estimate of drug-likeness (QED) is 0.658. The highest BCUT2D eigenvalue weighted by Crippen LogP contribution is 2.33. The lowest BCUT2D eigenvalue weighted by molar-refractivity contribution is -0.138. The molecule has 0 aromatic heterocycles. The van der Waals surface area contributed by atoms with E-state index in [4.69, 9.17) is 9.47 Å². The molecule has 0 aliphatic carbocycles. The second-order valence-electron chi connectivity index (χ2n) is 8.19. The summed E-state index contributed by atoms with van der Waals surface area (Å²) in [6.45, 7) is 11.1. The molecule has 7 heteroatoms. The molecule has 0 radical (unpaired) electrons. The van der Waals surface area contributed by atoms with Crippen molar-refractivity contribution >= 4 is 17.4 Å². The van der Waals surface area contributed by atoms with Crippen molar-refractivity contribution in [2.45, 2.75) is 20.3 Å². The highest BCUT2D eigenvalue weighted by atomic mass is 16.5. The summed E-state index contributed by atoms with van der Waals surface area (Å²) in [5.74, 6) is -0.344.